The molecule has 1 aliphatic rings. The van der Waals surface area contributed by atoms with Crippen molar-refractivity contribution in [2.75, 3.05) is 19.7 Å². The van der Waals surface area contributed by atoms with Gasteiger partial charge in [-0.25, -0.2) is 4.79 Å². The minimum atomic E-state index is -0.662. The summed E-state index contributed by atoms with van der Waals surface area (Å²) in [6, 6.07) is 0. The smallest absolute Gasteiger partial charge is 0.410 e. The van der Waals surface area contributed by atoms with Crippen molar-refractivity contribution in [2.45, 2.75) is 52.2 Å². The Morgan fingerprint density at radius 1 is 1.25 bits per heavy atom. The molecular weight excluding hydrogens is 260 g/mol. The van der Waals surface area contributed by atoms with E-state index in [1.54, 1.807) is 11.8 Å². The summed E-state index contributed by atoms with van der Waals surface area (Å²) in [6.45, 7) is 10.5. The van der Waals surface area contributed by atoms with Gasteiger partial charge in [0.1, 0.15) is 5.60 Å². The van der Waals surface area contributed by atoms with Crippen LogP contribution in [-0.4, -0.2) is 47.8 Å². The summed E-state index contributed by atoms with van der Waals surface area (Å²) >= 11 is 0. The SMILES string of the molecule is CCOC(=O)CC(C)(N)C1CN(C(=O)OC(C)(C)C)C1. The second kappa shape index (κ2) is 5.99. The monoisotopic (exact) mass is 286 g/mol. The van der Waals surface area contributed by atoms with Crippen molar-refractivity contribution in [1.82, 2.24) is 4.90 Å². The molecule has 0 bridgehead atoms. The lowest BCUT2D eigenvalue weighted by Crippen LogP contribution is -2.63. The molecule has 1 rings (SSSR count). The Kier molecular flexibility index (Phi) is 5.02. The van der Waals surface area contributed by atoms with Gasteiger partial charge in [-0.05, 0) is 34.6 Å². The maximum Gasteiger partial charge on any atom is 0.410 e. The van der Waals surface area contributed by atoms with Crippen LogP contribution >= 0.6 is 0 Å². The van der Waals surface area contributed by atoms with Gasteiger partial charge in [0, 0.05) is 24.5 Å². The molecule has 20 heavy (non-hydrogen) atoms. The topological polar surface area (TPSA) is 81.9 Å². The number of amides is 1. The molecule has 1 aliphatic heterocycles. The van der Waals surface area contributed by atoms with Crippen molar-refractivity contribution in [3.8, 4) is 0 Å². The third-order valence-electron chi connectivity index (χ3n) is 3.30. The molecule has 1 saturated heterocycles. The number of hydrogen-bond donors (Lipinski definition) is 1. The van der Waals surface area contributed by atoms with Crippen LogP contribution in [0.5, 0.6) is 0 Å². The number of esters is 1. The van der Waals surface area contributed by atoms with Gasteiger partial charge in [0.25, 0.3) is 0 Å². The van der Waals surface area contributed by atoms with Gasteiger partial charge in [-0.3, -0.25) is 4.79 Å². The first-order chi connectivity index (χ1) is 9.05. The Balaban J connectivity index is 2.43. The number of ether oxygens (including phenoxy) is 2. The average Bonchev–Trinajstić information content (AvgIpc) is 2.09. The summed E-state index contributed by atoms with van der Waals surface area (Å²) in [7, 11) is 0. The molecule has 0 aromatic carbocycles. The van der Waals surface area contributed by atoms with Gasteiger partial charge in [-0.15, -0.1) is 0 Å². The van der Waals surface area contributed by atoms with E-state index in [9.17, 15) is 9.59 Å². The maximum absolute atomic E-state index is 11.8. The molecule has 1 amide bonds. The quantitative estimate of drug-likeness (QED) is 0.792. The van der Waals surface area contributed by atoms with Gasteiger partial charge in [0.2, 0.25) is 0 Å². The molecule has 6 heteroatoms. The summed E-state index contributed by atoms with van der Waals surface area (Å²) in [5, 5.41) is 0. The number of likely N-dealkylation sites (tertiary alicyclic amines) is 1. The molecule has 0 aliphatic carbocycles. The van der Waals surface area contributed by atoms with Crippen LogP contribution in [-0.2, 0) is 14.3 Å². The predicted molar refractivity (Wildman–Crippen MR) is 75.1 cm³/mol. The number of carbonyl (C=O) groups excluding carboxylic acids is 2. The molecule has 0 aromatic heterocycles. The van der Waals surface area contributed by atoms with Crippen LogP contribution in [0.4, 0.5) is 4.79 Å². The number of nitrogens with zero attached hydrogens (tertiary/aromatic N) is 1. The lowest BCUT2D eigenvalue weighted by molar-refractivity contribution is -0.145. The highest BCUT2D eigenvalue weighted by molar-refractivity contribution is 5.71. The zero-order chi connectivity index (χ0) is 15.6. The van der Waals surface area contributed by atoms with Crippen LogP contribution in [0.3, 0.4) is 0 Å². The molecule has 116 valence electrons. The van der Waals surface area contributed by atoms with E-state index in [0.29, 0.717) is 19.7 Å². The number of rotatable bonds is 4. The van der Waals surface area contributed by atoms with E-state index in [0.717, 1.165) is 0 Å². The van der Waals surface area contributed by atoms with Crippen molar-refractivity contribution in [1.29, 1.82) is 0 Å². The zero-order valence-corrected chi connectivity index (χ0v) is 13.1. The standard InChI is InChI=1S/C14H26N2O4/c1-6-19-11(17)7-14(5,15)10-8-16(9-10)12(18)20-13(2,3)4/h10H,6-9,15H2,1-5H3. The minimum Gasteiger partial charge on any atom is -0.466 e. The fraction of sp³-hybridized carbons (Fsp3) is 0.857. The van der Waals surface area contributed by atoms with Crippen LogP contribution in [0.25, 0.3) is 0 Å². The van der Waals surface area contributed by atoms with E-state index in [2.05, 4.69) is 0 Å². The summed E-state index contributed by atoms with van der Waals surface area (Å²) in [6.07, 6.45) is -0.172. The Morgan fingerprint density at radius 3 is 2.25 bits per heavy atom. The molecule has 1 heterocycles. The molecule has 0 aromatic rings. The Labute approximate surface area is 120 Å². The molecule has 1 unspecified atom stereocenters. The van der Waals surface area contributed by atoms with E-state index in [1.165, 1.54) is 0 Å². The van der Waals surface area contributed by atoms with E-state index < -0.39 is 11.1 Å². The van der Waals surface area contributed by atoms with Gasteiger partial charge >= 0.3 is 12.1 Å². The van der Waals surface area contributed by atoms with E-state index in [1.807, 2.05) is 27.7 Å². The molecule has 1 atom stereocenters. The summed E-state index contributed by atoms with van der Waals surface area (Å²) in [5.41, 5.74) is 5.00. The average molecular weight is 286 g/mol. The zero-order valence-electron chi connectivity index (χ0n) is 13.1. The number of nitrogens with two attached hydrogens (primary N) is 1. The van der Waals surface area contributed by atoms with Crippen LogP contribution in [0.15, 0.2) is 0 Å². The van der Waals surface area contributed by atoms with E-state index in [-0.39, 0.29) is 24.4 Å². The van der Waals surface area contributed by atoms with Crippen molar-refractivity contribution in [3.05, 3.63) is 0 Å². The van der Waals surface area contributed by atoms with Crippen molar-refractivity contribution < 1.29 is 19.1 Å². The van der Waals surface area contributed by atoms with Crippen LogP contribution < -0.4 is 5.73 Å². The fourth-order valence-electron chi connectivity index (χ4n) is 2.04. The lowest BCUT2D eigenvalue weighted by atomic mass is 9.79. The summed E-state index contributed by atoms with van der Waals surface area (Å²) < 4.78 is 10.2. The highest BCUT2D eigenvalue weighted by Crippen LogP contribution is 2.29. The normalized spacial score (nSPS) is 19.0. The van der Waals surface area contributed by atoms with Crippen LogP contribution in [0, 0.1) is 5.92 Å². The first kappa shape index (κ1) is 16.8. The van der Waals surface area contributed by atoms with E-state index in [4.69, 9.17) is 15.2 Å². The molecule has 0 saturated carbocycles. The predicted octanol–water partition coefficient (Wildman–Crippen LogP) is 1.52. The highest BCUT2D eigenvalue weighted by atomic mass is 16.6. The Hall–Kier alpha value is -1.30. The summed E-state index contributed by atoms with van der Waals surface area (Å²) in [4.78, 5) is 24.9. The van der Waals surface area contributed by atoms with Gasteiger partial charge in [-0.1, -0.05) is 0 Å². The fourth-order valence-corrected chi connectivity index (χ4v) is 2.04. The van der Waals surface area contributed by atoms with Crippen LogP contribution in [0.2, 0.25) is 0 Å². The Bertz CT molecular complexity index is 368. The first-order valence-corrected chi connectivity index (χ1v) is 6.97. The molecule has 2 N–H and O–H groups in total. The van der Waals surface area contributed by atoms with Crippen molar-refractivity contribution in [2.24, 2.45) is 11.7 Å². The molecular formula is C14H26N2O4. The molecule has 6 nitrogen and oxygen atoms in total. The third-order valence-corrected chi connectivity index (χ3v) is 3.30. The molecule has 0 radical (unpaired) electrons. The first-order valence-electron chi connectivity index (χ1n) is 6.97. The second-order valence-corrected chi connectivity index (χ2v) is 6.57. The Morgan fingerprint density at radius 2 is 1.80 bits per heavy atom. The molecule has 1 fully saturated rings. The highest BCUT2D eigenvalue weighted by Gasteiger charge is 2.43. The van der Waals surface area contributed by atoms with Gasteiger partial charge < -0.3 is 20.1 Å². The van der Waals surface area contributed by atoms with Gasteiger partial charge in [0.15, 0.2) is 0 Å². The van der Waals surface area contributed by atoms with Crippen LogP contribution in [0.1, 0.15) is 41.0 Å². The summed E-state index contributed by atoms with van der Waals surface area (Å²) in [5.74, 6) is -0.215. The van der Waals surface area contributed by atoms with Crippen molar-refractivity contribution in [3.63, 3.8) is 0 Å². The molecule has 0 spiro atoms. The van der Waals surface area contributed by atoms with Crippen molar-refractivity contribution >= 4 is 12.1 Å². The number of hydrogen-bond acceptors (Lipinski definition) is 5. The van der Waals surface area contributed by atoms with E-state index >= 15 is 0 Å². The number of carbonyl (C=O) groups is 2. The third kappa shape index (κ3) is 4.67. The minimum absolute atomic E-state index is 0.0828. The largest absolute Gasteiger partial charge is 0.466 e. The van der Waals surface area contributed by atoms with Gasteiger partial charge in [-0.2, -0.15) is 0 Å². The lowest BCUT2D eigenvalue weighted by Gasteiger charge is -2.46. The van der Waals surface area contributed by atoms with Gasteiger partial charge in [0.05, 0.1) is 13.0 Å². The second-order valence-electron chi connectivity index (χ2n) is 6.57. The maximum atomic E-state index is 11.8.